The van der Waals surface area contributed by atoms with E-state index in [0.717, 1.165) is 15.8 Å². The Morgan fingerprint density at radius 3 is 2.70 bits per heavy atom. The van der Waals surface area contributed by atoms with Crippen LogP contribution in [0.15, 0.2) is 40.9 Å². The Kier molecular flexibility index (Phi) is 5.47. The summed E-state index contributed by atoms with van der Waals surface area (Å²) in [6.07, 6.45) is 0.443. The van der Waals surface area contributed by atoms with E-state index in [1.165, 1.54) is 6.07 Å². The fourth-order valence-corrected chi connectivity index (χ4v) is 3.27. The standard InChI is InChI=1S/C15H12Br2ClFO/c1-20-15-6-5-9(16)7-10(15)12(17)8-11-13(18)3-2-4-14(11)19/h2-7,12H,8H2,1H3. The number of alkyl halides is 1. The van der Waals surface area contributed by atoms with Crippen molar-refractivity contribution in [3.8, 4) is 5.75 Å². The van der Waals surface area contributed by atoms with Crippen molar-refractivity contribution in [1.82, 2.24) is 0 Å². The smallest absolute Gasteiger partial charge is 0.127 e. The van der Waals surface area contributed by atoms with Gasteiger partial charge < -0.3 is 4.74 Å². The van der Waals surface area contributed by atoms with Crippen molar-refractivity contribution in [3.63, 3.8) is 0 Å². The third-order valence-electron chi connectivity index (χ3n) is 2.97. The van der Waals surface area contributed by atoms with Crippen LogP contribution in [0.5, 0.6) is 5.75 Å². The van der Waals surface area contributed by atoms with E-state index in [4.69, 9.17) is 16.3 Å². The lowest BCUT2D eigenvalue weighted by atomic mass is 10.0. The molecule has 0 aliphatic carbocycles. The zero-order chi connectivity index (χ0) is 14.7. The summed E-state index contributed by atoms with van der Waals surface area (Å²) in [7, 11) is 1.61. The lowest BCUT2D eigenvalue weighted by molar-refractivity contribution is 0.409. The van der Waals surface area contributed by atoms with Crippen LogP contribution in [0.3, 0.4) is 0 Å². The first-order valence-corrected chi connectivity index (χ1v) is 8.02. The number of halogens is 4. The minimum atomic E-state index is -0.295. The normalized spacial score (nSPS) is 12.2. The maximum atomic E-state index is 13.8. The van der Waals surface area contributed by atoms with Crippen molar-refractivity contribution in [2.45, 2.75) is 11.2 Å². The number of hydrogen-bond acceptors (Lipinski definition) is 1. The van der Waals surface area contributed by atoms with Gasteiger partial charge in [-0.3, -0.25) is 0 Å². The quantitative estimate of drug-likeness (QED) is 0.555. The van der Waals surface area contributed by atoms with Crippen LogP contribution in [0.1, 0.15) is 16.0 Å². The summed E-state index contributed by atoms with van der Waals surface area (Å²) in [6, 6.07) is 10.4. The molecule has 0 aromatic heterocycles. The van der Waals surface area contributed by atoms with Gasteiger partial charge in [0.1, 0.15) is 11.6 Å². The number of benzene rings is 2. The fourth-order valence-electron chi connectivity index (χ4n) is 1.97. The zero-order valence-electron chi connectivity index (χ0n) is 10.7. The van der Waals surface area contributed by atoms with Gasteiger partial charge in [0.2, 0.25) is 0 Å². The van der Waals surface area contributed by atoms with Gasteiger partial charge in [-0.15, -0.1) is 0 Å². The molecule has 0 fully saturated rings. The second kappa shape index (κ2) is 6.92. The molecule has 1 unspecified atom stereocenters. The summed E-state index contributed by atoms with van der Waals surface area (Å²) in [5, 5.41) is 0.434. The minimum absolute atomic E-state index is 0.0932. The molecule has 20 heavy (non-hydrogen) atoms. The van der Waals surface area contributed by atoms with Crippen molar-refractivity contribution in [2.75, 3.05) is 7.11 Å². The van der Waals surface area contributed by atoms with Crippen molar-refractivity contribution >= 4 is 43.5 Å². The predicted octanol–water partition coefficient (Wildman–Crippen LogP) is 5.93. The highest BCUT2D eigenvalue weighted by Crippen LogP contribution is 2.37. The Bertz CT molecular complexity index is 599. The summed E-state index contributed by atoms with van der Waals surface area (Å²) < 4.78 is 20.1. The van der Waals surface area contributed by atoms with Gasteiger partial charge in [0.25, 0.3) is 0 Å². The van der Waals surface area contributed by atoms with Gasteiger partial charge in [-0.25, -0.2) is 4.39 Å². The zero-order valence-corrected chi connectivity index (χ0v) is 14.6. The van der Waals surface area contributed by atoms with E-state index in [9.17, 15) is 4.39 Å². The molecule has 0 spiro atoms. The monoisotopic (exact) mass is 420 g/mol. The molecule has 0 bridgehead atoms. The topological polar surface area (TPSA) is 9.23 Å². The van der Waals surface area contributed by atoms with Gasteiger partial charge in [0, 0.05) is 25.4 Å². The van der Waals surface area contributed by atoms with Crippen LogP contribution in [0.4, 0.5) is 4.39 Å². The molecule has 0 saturated heterocycles. The van der Waals surface area contributed by atoms with E-state index in [2.05, 4.69) is 31.9 Å². The maximum absolute atomic E-state index is 13.8. The van der Waals surface area contributed by atoms with Gasteiger partial charge in [-0.2, -0.15) is 0 Å². The number of hydrogen-bond donors (Lipinski definition) is 0. The molecule has 2 aromatic carbocycles. The van der Waals surface area contributed by atoms with E-state index in [1.54, 1.807) is 19.2 Å². The molecule has 5 heteroatoms. The predicted molar refractivity (Wildman–Crippen MR) is 87.5 cm³/mol. The number of ether oxygens (including phenoxy) is 1. The van der Waals surface area contributed by atoms with Crippen molar-refractivity contribution in [1.29, 1.82) is 0 Å². The van der Waals surface area contributed by atoms with Crippen molar-refractivity contribution in [2.24, 2.45) is 0 Å². The van der Waals surface area contributed by atoms with Crippen LogP contribution in [-0.4, -0.2) is 7.11 Å². The van der Waals surface area contributed by atoms with Crippen LogP contribution in [0, 0.1) is 5.82 Å². The largest absolute Gasteiger partial charge is 0.496 e. The molecule has 0 amide bonds. The molecule has 106 valence electrons. The van der Waals surface area contributed by atoms with Crippen molar-refractivity contribution < 1.29 is 9.13 Å². The van der Waals surface area contributed by atoms with E-state index >= 15 is 0 Å². The Morgan fingerprint density at radius 1 is 1.30 bits per heavy atom. The van der Waals surface area contributed by atoms with Crippen LogP contribution in [0.25, 0.3) is 0 Å². The molecule has 0 saturated carbocycles. The van der Waals surface area contributed by atoms with Crippen LogP contribution in [0.2, 0.25) is 5.02 Å². The molecule has 1 nitrogen and oxygen atoms in total. The SMILES string of the molecule is COc1ccc(Br)cc1C(Br)Cc1c(F)cccc1Cl. The highest BCUT2D eigenvalue weighted by atomic mass is 79.9. The second-order valence-corrected chi connectivity index (χ2v) is 6.69. The molecular weight excluding hydrogens is 410 g/mol. The molecule has 0 aliphatic heterocycles. The van der Waals surface area contributed by atoms with Crippen molar-refractivity contribution in [3.05, 3.63) is 62.8 Å². The second-order valence-electron chi connectivity index (χ2n) is 4.26. The average Bonchev–Trinajstić information content (AvgIpc) is 2.43. The maximum Gasteiger partial charge on any atom is 0.127 e. The lowest BCUT2D eigenvalue weighted by Gasteiger charge is -2.16. The molecule has 0 heterocycles. The Labute approximate surface area is 139 Å². The number of rotatable bonds is 4. The van der Waals surface area contributed by atoms with E-state index in [0.29, 0.717) is 17.0 Å². The summed E-state index contributed by atoms with van der Waals surface area (Å²) in [5.41, 5.74) is 1.44. The fraction of sp³-hybridized carbons (Fsp3) is 0.200. The van der Waals surface area contributed by atoms with Gasteiger partial charge in [-0.05, 0) is 36.8 Å². The molecule has 0 radical (unpaired) electrons. The number of methoxy groups -OCH3 is 1. The Morgan fingerprint density at radius 2 is 2.05 bits per heavy atom. The first-order valence-electron chi connectivity index (χ1n) is 5.93. The van der Waals surface area contributed by atoms with Gasteiger partial charge in [-0.1, -0.05) is 49.5 Å². The van der Waals surface area contributed by atoms with Crippen LogP contribution in [-0.2, 0) is 6.42 Å². The Hall–Kier alpha value is -0.580. The molecule has 0 N–H and O–H groups in total. The van der Waals surface area contributed by atoms with Gasteiger partial charge >= 0.3 is 0 Å². The summed E-state index contributed by atoms with van der Waals surface area (Å²) in [4.78, 5) is -0.0932. The highest BCUT2D eigenvalue weighted by Gasteiger charge is 2.18. The van der Waals surface area contributed by atoms with E-state index in [-0.39, 0.29) is 10.6 Å². The lowest BCUT2D eigenvalue weighted by Crippen LogP contribution is -2.01. The van der Waals surface area contributed by atoms with Gasteiger partial charge in [0.15, 0.2) is 0 Å². The average molecular weight is 423 g/mol. The molecular formula is C15H12Br2ClFO. The third kappa shape index (κ3) is 3.54. The van der Waals surface area contributed by atoms with E-state index < -0.39 is 0 Å². The van der Waals surface area contributed by atoms with Gasteiger partial charge in [0.05, 0.1) is 7.11 Å². The minimum Gasteiger partial charge on any atom is -0.496 e. The molecule has 2 rings (SSSR count). The molecule has 0 aliphatic rings. The molecule has 2 aromatic rings. The first-order chi connectivity index (χ1) is 9.52. The summed E-state index contributed by atoms with van der Waals surface area (Å²) >= 11 is 13.1. The Balaban J connectivity index is 2.33. The van der Waals surface area contributed by atoms with Crippen LogP contribution < -0.4 is 4.74 Å². The van der Waals surface area contributed by atoms with E-state index in [1.807, 2.05) is 18.2 Å². The first kappa shape index (κ1) is 15.8. The third-order valence-corrected chi connectivity index (χ3v) is 4.64. The van der Waals surface area contributed by atoms with Crippen LogP contribution >= 0.6 is 43.5 Å². The summed E-state index contributed by atoms with van der Waals surface area (Å²) in [5.74, 6) is 0.457. The summed E-state index contributed by atoms with van der Waals surface area (Å²) in [6.45, 7) is 0. The molecule has 1 atom stereocenters. The highest BCUT2D eigenvalue weighted by molar-refractivity contribution is 9.10.